The molecule has 0 aromatic carbocycles. The Balaban J connectivity index is 3.01. The quantitative estimate of drug-likeness (QED) is 0.574. The van der Waals surface area contributed by atoms with Crippen molar-refractivity contribution in [1.29, 1.82) is 0 Å². The van der Waals surface area contributed by atoms with Gasteiger partial charge in [0.2, 0.25) is 0 Å². The van der Waals surface area contributed by atoms with Gasteiger partial charge in [-0.2, -0.15) is 0 Å². The van der Waals surface area contributed by atoms with Crippen molar-refractivity contribution in [2.75, 3.05) is 0 Å². The first-order chi connectivity index (χ1) is 5.74. The van der Waals surface area contributed by atoms with Crippen LogP contribution in [-0.4, -0.2) is 4.98 Å². The summed E-state index contributed by atoms with van der Waals surface area (Å²) in [5, 5.41) is 0. The van der Waals surface area contributed by atoms with E-state index in [4.69, 9.17) is 0 Å². The fourth-order valence-corrected chi connectivity index (χ4v) is 1.00. The van der Waals surface area contributed by atoms with Crippen molar-refractivity contribution in [2.45, 2.75) is 26.7 Å². The van der Waals surface area contributed by atoms with Gasteiger partial charge in [-0.05, 0) is 36.5 Å². The summed E-state index contributed by atoms with van der Waals surface area (Å²) >= 11 is 0. The highest BCUT2D eigenvalue weighted by molar-refractivity contribution is 5.31. The van der Waals surface area contributed by atoms with Crippen molar-refractivity contribution in [2.24, 2.45) is 0 Å². The number of nitrogens with zero attached hydrogens (tertiary/aromatic N) is 1. The third-order valence-electron chi connectivity index (χ3n) is 1.70. The Hall–Kier alpha value is -1.29. The highest BCUT2D eigenvalue weighted by Gasteiger charge is 1.98. The molecule has 1 rings (SSSR count). The van der Waals surface area contributed by atoms with Gasteiger partial charge in [0, 0.05) is 6.20 Å². The number of pyridine rings is 1. The van der Waals surface area contributed by atoms with Crippen LogP contribution in [0.1, 0.15) is 37.9 Å². The zero-order valence-electron chi connectivity index (χ0n) is 7.76. The number of hydrogen-bond acceptors (Lipinski definition) is 1. The molecule has 0 amide bonds. The minimum atomic E-state index is 0.547. The van der Waals surface area contributed by atoms with E-state index >= 15 is 0 Å². The van der Waals surface area contributed by atoms with Crippen LogP contribution in [0.5, 0.6) is 0 Å². The Morgan fingerprint density at radius 3 is 2.75 bits per heavy atom. The molecular weight excluding hydrogens is 146 g/mol. The third kappa shape index (κ3) is 2.10. The molecule has 1 aromatic rings. The van der Waals surface area contributed by atoms with E-state index in [1.54, 1.807) is 0 Å². The Labute approximate surface area is 73.8 Å². The molecule has 0 saturated carbocycles. The number of aromatic nitrogens is 1. The molecule has 0 fully saturated rings. The van der Waals surface area contributed by atoms with Crippen LogP contribution in [0.2, 0.25) is 0 Å². The smallest absolute Gasteiger partial charge is 0.113 e. The Morgan fingerprint density at radius 1 is 1.42 bits per heavy atom. The van der Waals surface area contributed by atoms with Gasteiger partial charge in [-0.1, -0.05) is 19.8 Å². The molecule has 0 bridgehead atoms. The first-order valence-electron chi connectivity index (χ1n) is 4.12. The minimum Gasteiger partial charge on any atom is -0.248 e. The van der Waals surface area contributed by atoms with E-state index in [2.05, 4.69) is 30.7 Å². The topological polar surface area (TPSA) is 12.9 Å². The summed E-state index contributed by atoms with van der Waals surface area (Å²) in [6.45, 7) is 6.15. The number of hydrogen-bond donors (Lipinski definition) is 0. The zero-order valence-corrected chi connectivity index (χ0v) is 7.76. The first kappa shape index (κ1) is 8.80. The predicted octanol–water partition coefficient (Wildman–Crippen LogP) is 2.58. The highest BCUT2D eigenvalue weighted by atomic mass is 14.6. The largest absolute Gasteiger partial charge is 0.248 e. The van der Waals surface area contributed by atoms with Gasteiger partial charge in [-0.3, -0.25) is 0 Å². The Morgan fingerprint density at radius 2 is 2.17 bits per heavy atom. The van der Waals surface area contributed by atoms with Crippen LogP contribution in [0.4, 0.5) is 0 Å². The third-order valence-corrected chi connectivity index (χ3v) is 1.70. The predicted molar refractivity (Wildman–Crippen MR) is 50.9 cm³/mol. The van der Waals surface area contributed by atoms with Crippen molar-refractivity contribution < 1.29 is 0 Å². The average molecular weight is 159 g/mol. The molecule has 0 aliphatic heterocycles. The average Bonchev–Trinajstić information content (AvgIpc) is 2.05. The van der Waals surface area contributed by atoms with Crippen LogP contribution >= 0.6 is 0 Å². The molecule has 1 aromatic heterocycles. The van der Waals surface area contributed by atoms with Gasteiger partial charge in [0.25, 0.3) is 0 Å². The van der Waals surface area contributed by atoms with Crippen molar-refractivity contribution in [3.63, 3.8) is 0 Å². The van der Waals surface area contributed by atoms with E-state index in [1.165, 1.54) is 5.56 Å². The van der Waals surface area contributed by atoms with Gasteiger partial charge in [0.1, 0.15) is 5.69 Å². The first-order valence-corrected chi connectivity index (χ1v) is 4.12. The lowest BCUT2D eigenvalue weighted by molar-refractivity contribution is 0.862. The van der Waals surface area contributed by atoms with Gasteiger partial charge >= 0.3 is 0 Å². The highest BCUT2D eigenvalue weighted by Crippen LogP contribution is 2.13. The van der Waals surface area contributed by atoms with Crippen LogP contribution in [0, 0.1) is 11.8 Å². The molecule has 0 N–H and O–H groups in total. The van der Waals surface area contributed by atoms with Crippen molar-refractivity contribution >= 4 is 0 Å². The lowest BCUT2D eigenvalue weighted by Gasteiger charge is -2.03. The monoisotopic (exact) mass is 159 g/mol. The lowest BCUT2D eigenvalue weighted by Crippen LogP contribution is -1.90. The van der Waals surface area contributed by atoms with Crippen molar-refractivity contribution in [3.05, 3.63) is 29.6 Å². The fraction of sp³-hybridized carbons (Fsp3) is 0.364. The molecule has 0 saturated heterocycles. The molecule has 0 aliphatic carbocycles. The summed E-state index contributed by atoms with van der Waals surface area (Å²) in [5.41, 5.74) is 2.16. The zero-order chi connectivity index (χ0) is 8.97. The molecule has 1 heterocycles. The van der Waals surface area contributed by atoms with Crippen LogP contribution in [0.15, 0.2) is 18.3 Å². The molecule has 0 atom stereocenters. The Kier molecular flexibility index (Phi) is 2.88. The molecule has 12 heavy (non-hydrogen) atoms. The normalized spacial score (nSPS) is 9.33. The van der Waals surface area contributed by atoms with E-state index in [0.29, 0.717) is 5.92 Å². The van der Waals surface area contributed by atoms with E-state index in [0.717, 1.165) is 5.69 Å². The van der Waals surface area contributed by atoms with Crippen molar-refractivity contribution in [3.8, 4) is 11.8 Å². The number of rotatable bonds is 1. The molecule has 0 unspecified atom stereocenters. The summed E-state index contributed by atoms with van der Waals surface area (Å²) in [6, 6.07) is 4.08. The maximum atomic E-state index is 4.14. The summed E-state index contributed by atoms with van der Waals surface area (Å²) < 4.78 is 0. The van der Waals surface area contributed by atoms with E-state index in [9.17, 15) is 0 Å². The molecular formula is C11H13N. The van der Waals surface area contributed by atoms with E-state index in [1.807, 2.05) is 25.3 Å². The van der Waals surface area contributed by atoms with Crippen LogP contribution < -0.4 is 0 Å². The Bertz CT molecular complexity index is 315. The SMILES string of the molecule is CC#Cc1cc(C(C)C)ccn1. The second kappa shape index (κ2) is 3.92. The second-order valence-electron chi connectivity index (χ2n) is 3.00. The summed E-state index contributed by atoms with van der Waals surface area (Å²) in [4.78, 5) is 4.14. The maximum absolute atomic E-state index is 4.14. The summed E-state index contributed by atoms with van der Waals surface area (Å²) in [7, 11) is 0. The molecule has 0 spiro atoms. The fourth-order valence-electron chi connectivity index (χ4n) is 1.00. The summed E-state index contributed by atoms with van der Waals surface area (Å²) in [6.07, 6.45) is 1.81. The molecule has 1 nitrogen and oxygen atoms in total. The molecule has 0 radical (unpaired) electrons. The van der Waals surface area contributed by atoms with Crippen LogP contribution in [0.3, 0.4) is 0 Å². The van der Waals surface area contributed by atoms with E-state index < -0.39 is 0 Å². The molecule has 62 valence electrons. The minimum absolute atomic E-state index is 0.547. The summed E-state index contributed by atoms with van der Waals surface area (Å²) in [5.74, 6) is 6.33. The van der Waals surface area contributed by atoms with Crippen molar-refractivity contribution in [1.82, 2.24) is 4.98 Å². The second-order valence-corrected chi connectivity index (χ2v) is 3.00. The lowest BCUT2D eigenvalue weighted by atomic mass is 10.0. The van der Waals surface area contributed by atoms with Gasteiger partial charge in [0.15, 0.2) is 0 Å². The van der Waals surface area contributed by atoms with Crippen LogP contribution in [-0.2, 0) is 0 Å². The van der Waals surface area contributed by atoms with Gasteiger partial charge in [0.05, 0.1) is 0 Å². The van der Waals surface area contributed by atoms with Gasteiger partial charge < -0.3 is 0 Å². The molecule has 1 heteroatoms. The maximum Gasteiger partial charge on any atom is 0.113 e. The van der Waals surface area contributed by atoms with Crippen LogP contribution in [0.25, 0.3) is 0 Å². The van der Waals surface area contributed by atoms with E-state index in [-0.39, 0.29) is 0 Å². The van der Waals surface area contributed by atoms with Gasteiger partial charge in [-0.15, -0.1) is 0 Å². The molecule has 0 aliphatic rings. The standard InChI is InChI=1S/C11H13N/c1-4-5-11-8-10(9(2)3)6-7-12-11/h6-9H,1-3H3. The van der Waals surface area contributed by atoms with Gasteiger partial charge in [-0.25, -0.2) is 4.98 Å².